The van der Waals surface area contributed by atoms with Crippen molar-refractivity contribution in [1.82, 2.24) is 0 Å². The molecular formula is C7H10BN. The Morgan fingerprint density at radius 3 is 2.33 bits per heavy atom. The molecular weight excluding hydrogens is 109 g/mol. The van der Waals surface area contributed by atoms with Crippen molar-refractivity contribution in [1.29, 1.82) is 5.26 Å². The molecule has 0 N–H and O–H groups in total. The van der Waals surface area contributed by atoms with Crippen LogP contribution in [0.1, 0.15) is 20.3 Å². The van der Waals surface area contributed by atoms with Crippen molar-refractivity contribution < 1.29 is 0 Å². The third kappa shape index (κ3) is 3.84. The Balaban J connectivity index is 3.91. The fourth-order valence-corrected chi connectivity index (χ4v) is 0.607. The molecule has 0 aliphatic carbocycles. The Kier molecular flexibility index (Phi) is 2.51. The van der Waals surface area contributed by atoms with Crippen LogP contribution in [0.25, 0.3) is 0 Å². The Hall–Kier alpha value is -0.705. The van der Waals surface area contributed by atoms with Gasteiger partial charge < -0.3 is 0 Å². The smallest absolute Gasteiger partial charge is 0.107 e. The van der Waals surface area contributed by atoms with Crippen LogP contribution in [0.2, 0.25) is 0 Å². The molecule has 0 atom stereocenters. The van der Waals surface area contributed by atoms with Gasteiger partial charge in [-0.3, -0.25) is 0 Å². The zero-order chi connectivity index (χ0) is 7.49. The molecule has 9 heavy (non-hydrogen) atoms. The molecule has 0 unspecified atom stereocenters. The van der Waals surface area contributed by atoms with Crippen molar-refractivity contribution in [2.24, 2.45) is 5.41 Å². The second-order valence-electron chi connectivity index (χ2n) is 2.83. The van der Waals surface area contributed by atoms with E-state index in [9.17, 15) is 0 Å². The minimum atomic E-state index is -0.355. The molecule has 0 heterocycles. The lowest BCUT2D eigenvalue weighted by molar-refractivity contribution is 0.501. The maximum atomic E-state index is 8.50. The molecule has 0 bridgehead atoms. The SMILES string of the molecule is [B]C(=C)CC(C)(C)C#N. The lowest BCUT2D eigenvalue weighted by atomic mass is 9.80. The molecule has 0 aromatic carbocycles. The third-order valence-electron chi connectivity index (χ3n) is 0.972. The van der Waals surface area contributed by atoms with Crippen molar-refractivity contribution in [3.05, 3.63) is 12.1 Å². The number of allylic oxidation sites excluding steroid dienone is 1. The van der Waals surface area contributed by atoms with Crippen LogP contribution in [-0.2, 0) is 0 Å². The molecule has 0 amide bonds. The summed E-state index contributed by atoms with van der Waals surface area (Å²) in [5.74, 6) is 0. The highest BCUT2D eigenvalue weighted by molar-refractivity contribution is 6.21. The summed E-state index contributed by atoms with van der Waals surface area (Å²) in [6.45, 7) is 7.19. The van der Waals surface area contributed by atoms with Gasteiger partial charge in [-0.25, -0.2) is 0 Å². The predicted molar refractivity (Wildman–Crippen MR) is 38.9 cm³/mol. The molecule has 0 rings (SSSR count). The number of hydrogen-bond donors (Lipinski definition) is 0. The molecule has 2 radical (unpaired) electrons. The van der Waals surface area contributed by atoms with E-state index in [1.807, 2.05) is 13.8 Å². The fourth-order valence-electron chi connectivity index (χ4n) is 0.607. The lowest BCUT2D eigenvalue weighted by Crippen LogP contribution is -2.08. The standard InChI is InChI=1S/C7H10BN/c1-6(8)4-7(2,3)5-9/h1,4H2,2-3H3. The van der Waals surface area contributed by atoms with Gasteiger partial charge in [0.25, 0.3) is 0 Å². The maximum absolute atomic E-state index is 8.50. The Morgan fingerprint density at radius 1 is 1.78 bits per heavy atom. The second kappa shape index (κ2) is 2.73. The molecule has 46 valence electrons. The Morgan fingerprint density at radius 2 is 2.22 bits per heavy atom. The Bertz CT molecular complexity index is 153. The number of nitrogens with zero attached hydrogens (tertiary/aromatic N) is 1. The van der Waals surface area contributed by atoms with Gasteiger partial charge in [-0.2, -0.15) is 5.26 Å². The van der Waals surface area contributed by atoms with Crippen LogP contribution in [0.5, 0.6) is 0 Å². The molecule has 0 aliphatic heterocycles. The maximum Gasteiger partial charge on any atom is 0.107 e. The van der Waals surface area contributed by atoms with Crippen molar-refractivity contribution in [2.45, 2.75) is 20.3 Å². The summed E-state index contributed by atoms with van der Waals surface area (Å²) in [5.41, 5.74) is 0.216. The normalized spacial score (nSPS) is 10.3. The Labute approximate surface area is 57.8 Å². The average Bonchev–Trinajstić information content (AvgIpc) is 1.63. The van der Waals surface area contributed by atoms with Gasteiger partial charge in [0.2, 0.25) is 0 Å². The largest absolute Gasteiger partial charge is 0.198 e. The van der Waals surface area contributed by atoms with Crippen LogP contribution in [0.3, 0.4) is 0 Å². The van der Waals surface area contributed by atoms with Crippen molar-refractivity contribution in [2.75, 3.05) is 0 Å². The summed E-state index contributed by atoms with van der Waals surface area (Å²) in [6.07, 6.45) is 0.573. The minimum Gasteiger partial charge on any atom is -0.198 e. The first-order valence-corrected chi connectivity index (χ1v) is 2.82. The lowest BCUT2D eigenvalue weighted by Gasteiger charge is -2.13. The molecule has 0 saturated carbocycles. The van der Waals surface area contributed by atoms with Gasteiger partial charge in [-0.05, 0) is 20.3 Å². The number of hydrogen-bond acceptors (Lipinski definition) is 1. The van der Waals surface area contributed by atoms with Gasteiger partial charge in [-0.15, -0.1) is 12.1 Å². The number of rotatable bonds is 2. The first-order valence-electron chi connectivity index (χ1n) is 2.82. The molecule has 0 saturated heterocycles. The first kappa shape index (κ1) is 8.29. The van der Waals surface area contributed by atoms with E-state index in [0.29, 0.717) is 11.9 Å². The molecule has 0 spiro atoms. The number of nitriles is 1. The topological polar surface area (TPSA) is 23.8 Å². The van der Waals surface area contributed by atoms with Gasteiger partial charge in [-0.1, -0.05) is 0 Å². The van der Waals surface area contributed by atoms with E-state index >= 15 is 0 Å². The first-order chi connectivity index (χ1) is 3.98. The van der Waals surface area contributed by atoms with Gasteiger partial charge in [0.1, 0.15) is 7.85 Å². The van der Waals surface area contributed by atoms with Crippen molar-refractivity contribution in [3.8, 4) is 6.07 Å². The molecule has 2 heteroatoms. The second-order valence-corrected chi connectivity index (χ2v) is 2.83. The van der Waals surface area contributed by atoms with Crippen LogP contribution in [-0.4, -0.2) is 7.85 Å². The summed E-state index contributed by atoms with van der Waals surface area (Å²) < 4.78 is 0. The van der Waals surface area contributed by atoms with Gasteiger partial charge in [0, 0.05) is 0 Å². The summed E-state index contributed by atoms with van der Waals surface area (Å²) in [4.78, 5) is 0. The highest BCUT2D eigenvalue weighted by atomic mass is 14.3. The summed E-state index contributed by atoms with van der Waals surface area (Å²) in [7, 11) is 5.31. The zero-order valence-electron chi connectivity index (χ0n) is 5.94. The van der Waals surface area contributed by atoms with Crippen LogP contribution in [0.15, 0.2) is 12.1 Å². The zero-order valence-corrected chi connectivity index (χ0v) is 5.94. The molecule has 0 fully saturated rings. The van der Waals surface area contributed by atoms with E-state index in [2.05, 4.69) is 12.6 Å². The van der Waals surface area contributed by atoms with E-state index in [1.165, 1.54) is 0 Å². The van der Waals surface area contributed by atoms with Gasteiger partial charge >= 0.3 is 0 Å². The predicted octanol–water partition coefficient (Wildman–Crippen LogP) is 1.61. The van der Waals surface area contributed by atoms with E-state index in [0.717, 1.165) is 0 Å². The summed E-state index contributed by atoms with van der Waals surface area (Å²) >= 11 is 0. The highest BCUT2D eigenvalue weighted by Gasteiger charge is 2.15. The van der Waals surface area contributed by atoms with Crippen LogP contribution in [0, 0.1) is 16.7 Å². The summed E-state index contributed by atoms with van der Waals surface area (Å²) in [6, 6.07) is 2.13. The van der Waals surface area contributed by atoms with Crippen LogP contribution in [0.4, 0.5) is 0 Å². The van der Waals surface area contributed by atoms with E-state index < -0.39 is 0 Å². The minimum absolute atomic E-state index is 0.355. The van der Waals surface area contributed by atoms with Crippen molar-refractivity contribution >= 4 is 7.85 Å². The van der Waals surface area contributed by atoms with E-state index in [-0.39, 0.29) is 5.41 Å². The van der Waals surface area contributed by atoms with E-state index in [1.54, 1.807) is 0 Å². The fraction of sp³-hybridized carbons (Fsp3) is 0.571. The van der Waals surface area contributed by atoms with Gasteiger partial charge in [0.05, 0.1) is 11.5 Å². The monoisotopic (exact) mass is 119 g/mol. The summed E-state index contributed by atoms with van der Waals surface area (Å²) in [5, 5.41) is 8.50. The van der Waals surface area contributed by atoms with E-state index in [4.69, 9.17) is 13.1 Å². The van der Waals surface area contributed by atoms with Crippen LogP contribution < -0.4 is 0 Å². The van der Waals surface area contributed by atoms with Gasteiger partial charge in [0.15, 0.2) is 0 Å². The molecule has 0 aromatic rings. The highest BCUT2D eigenvalue weighted by Crippen LogP contribution is 2.20. The third-order valence-corrected chi connectivity index (χ3v) is 0.972. The van der Waals surface area contributed by atoms with Crippen molar-refractivity contribution in [3.63, 3.8) is 0 Å². The van der Waals surface area contributed by atoms with Crippen LogP contribution >= 0.6 is 0 Å². The average molecular weight is 119 g/mol. The molecule has 0 aromatic heterocycles. The quantitative estimate of drug-likeness (QED) is 0.506. The molecule has 0 aliphatic rings. The molecule has 1 nitrogen and oxygen atoms in total.